The van der Waals surface area contributed by atoms with Gasteiger partial charge in [-0.3, -0.25) is 0 Å². The second kappa shape index (κ2) is 5.22. The zero-order valence-corrected chi connectivity index (χ0v) is 11.8. The van der Waals surface area contributed by atoms with Crippen LogP contribution in [0.5, 0.6) is 0 Å². The second-order valence-corrected chi connectivity index (χ2v) is 6.42. The summed E-state index contributed by atoms with van der Waals surface area (Å²) in [4.78, 5) is -0.0703. The molecule has 0 saturated heterocycles. The van der Waals surface area contributed by atoms with Crippen molar-refractivity contribution < 1.29 is 17.3 Å². The van der Waals surface area contributed by atoms with E-state index in [2.05, 4.69) is 5.16 Å². The highest BCUT2D eigenvalue weighted by Crippen LogP contribution is 2.20. The van der Waals surface area contributed by atoms with Crippen molar-refractivity contribution in [2.24, 2.45) is 0 Å². The zero-order valence-electron chi connectivity index (χ0n) is 11.0. The minimum Gasteiger partial charge on any atom is -0.396 e. The maximum Gasteiger partial charge on any atom is 0.243 e. The molecule has 0 amide bonds. The summed E-state index contributed by atoms with van der Waals surface area (Å²) in [6.45, 7) is 1.77. The molecule has 0 unspecified atom stereocenters. The lowest BCUT2D eigenvalue weighted by Crippen LogP contribution is -2.26. The molecule has 0 aliphatic heterocycles. The summed E-state index contributed by atoms with van der Waals surface area (Å²) in [7, 11) is -2.36. The fourth-order valence-corrected chi connectivity index (χ4v) is 2.85. The van der Waals surface area contributed by atoms with E-state index in [1.54, 1.807) is 13.0 Å². The number of benzene rings is 1. The predicted molar refractivity (Wildman–Crippen MR) is 70.7 cm³/mol. The van der Waals surface area contributed by atoms with Crippen LogP contribution in [0.4, 0.5) is 10.1 Å². The van der Waals surface area contributed by atoms with Gasteiger partial charge in [0.15, 0.2) is 0 Å². The Morgan fingerprint density at radius 3 is 2.65 bits per heavy atom. The normalized spacial score (nSPS) is 12.0. The average molecular weight is 299 g/mol. The van der Waals surface area contributed by atoms with Gasteiger partial charge in [0, 0.05) is 13.1 Å². The molecule has 0 aliphatic rings. The first-order chi connectivity index (χ1) is 9.30. The highest BCUT2D eigenvalue weighted by molar-refractivity contribution is 7.89. The lowest BCUT2D eigenvalue weighted by Gasteiger charge is -2.16. The van der Waals surface area contributed by atoms with Crippen molar-refractivity contribution in [2.75, 3.05) is 12.8 Å². The molecule has 20 heavy (non-hydrogen) atoms. The third-order valence-corrected chi connectivity index (χ3v) is 4.54. The third kappa shape index (κ3) is 2.81. The third-order valence-electron chi connectivity index (χ3n) is 2.74. The van der Waals surface area contributed by atoms with Gasteiger partial charge in [0.05, 0.1) is 22.8 Å². The highest BCUT2D eigenvalue weighted by Gasteiger charge is 2.22. The van der Waals surface area contributed by atoms with Crippen LogP contribution >= 0.6 is 0 Å². The van der Waals surface area contributed by atoms with Gasteiger partial charge < -0.3 is 10.3 Å². The molecule has 8 heteroatoms. The number of nitrogen functional groups attached to an aromatic ring is 1. The van der Waals surface area contributed by atoms with Crippen molar-refractivity contribution in [1.29, 1.82) is 0 Å². The van der Waals surface area contributed by atoms with Crippen molar-refractivity contribution in [2.45, 2.75) is 18.4 Å². The summed E-state index contributed by atoms with van der Waals surface area (Å²) in [6.07, 6.45) is 0. The highest BCUT2D eigenvalue weighted by atomic mass is 32.2. The molecule has 1 heterocycles. The molecule has 0 saturated carbocycles. The van der Waals surface area contributed by atoms with Gasteiger partial charge in [0.25, 0.3) is 0 Å². The molecule has 0 bridgehead atoms. The van der Waals surface area contributed by atoms with E-state index in [-0.39, 0.29) is 17.1 Å². The average Bonchev–Trinajstić information content (AvgIpc) is 2.78. The molecule has 108 valence electrons. The molecule has 0 fully saturated rings. The summed E-state index contributed by atoms with van der Waals surface area (Å²) >= 11 is 0. The Morgan fingerprint density at radius 1 is 1.40 bits per heavy atom. The topological polar surface area (TPSA) is 89.4 Å². The van der Waals surface area contributed by atoms with Crippen LogP contribution in [-0.4, -0.2) is 24.9 Å². The van der Waals surface area contributed by atoms with Gasteiger partial charge in [-0.05, 0) is 25.1 Å². The number of rotatable bonds is 4. The van der Waals surface area contributed by atoms with Crippen LogP contribution in [0.1, 0.15) is 11.5 Å². The standard InChI is InChI=1S/C12H14FN3O3S/c1-8-5-9(15-19-8)7-16(2)20(17,18)10-3-4-11(13)12(14)6-10/h3-6H,7,14H2,1-2H3. The van der Waals surface area contributed by atoms with Crippen LogP contribution in [0.15, 0.2) is 33.7 Å². The Bertz CT molecular complexity index is 727. The summed E-state index contributed by atoms with van der Waals surface area (Å²) < 4.78 is 43.6. The van der Waals surface area contributed by atoms with Crippen LogP contribution in [-0.2, 0) is 16.6 Å². The molecule has 2 aromatic rings. The molecule has 2 N–H and O–H groups in total. The van der Waals surface area contributed by atoms with Gasteiger partial charge in [-0.15, -0.1) is 0 Å². The lowest BCUT2D eigenvalue weighted by atomic mass is 10.3. The molecular formula is C12H14FN3O3S. The number of sulfonamides is 1. The van der Waals surface area contributed by atoms with E-state index in [0.29, 0.717) is 11.5 Å². The molecule has 1 aromatic heterocycles. The summed E-state index contributed by atoms with van der Waals surface area (Å²) in [5.41, 5.74) is 5.67. The molecule has 0 radical (unpaired) electrons. The number of nitrogens with two attached hydrogens (primary N) is 1. The predicted octanol–water partition coefficient (Wildman–Crippen LogP) is 1.53. The number of aryl methyl sites for hydroxylation is 1. The van der Waals surface area contributed by atoms with Crippen molar-refractivity contribution in [1.82, 2.24) is 9.46 Å². The number of nitrogens with zero attached hydrogens (tertiary/aromatic N) is 2. The molecular weight excluding hydrogens is 285 g/mol. The van der Waals surface area contributed by atoms with Gasteiger partial charge in [-0.2, -0.15) is 4.31 Å². The fraction of sp³-hybridized carbons (Fsp3) is 0.250. The molecule has 0 aliphatic carbocycles. The number of aromatic nitrogens is 1. The summed E-state index contributed by atoms with van der Waals surface area (Å²) in [6, 6.07) is 4.93. The van der Waals surface area contributed by atoms with Gasteiger partial charge in [-0.1, -0.05) is 5.16 Å². The van der Waals surface area contributed by atoms with Crippen LogP contribution in [0.2, 0.25) is 0 Å². The maximum atomic E-state index is 13.1. The van der Waals surface area contributed by atoms with Gasteiger partial charge in [0.1, 0.15) is 11.6 Å². The van der Waals surface area contributed by atoms with Crippen LogP contribution in [0, 0.1) is 12.7 Å². The molecule has 0 atom stereocenters. The molecule has 2 rings (SSSR count). The van der Waals surface area contributed by atoms with Crippen molar-refractivity contribution in [3.8, 4) is 0 Å². The Kier molecular flexibility index (Phi) is 3.78. The van der Waals surface area contributed by atoms with Crippen molar-refractivity contribution >= 4 is 15.7 Å². The summed E-state index contributed by atoms with van der Waals surface area (Å²) in [5, 5.41) is 3.73. The van der Waals surface area contributed by atoms with E-state index in [4.69, 9.17) is 10.3 Å². The lowest BCUT2D eigenvalue weighted by molar-refractivity contribution is 0.378. The van der Waals surface area contributed by atoms with Crippen LogP contribution in [0.3, 0.4) is 0 Å². The molecule has 0 spiro atoms. The van der Waals surface area contributed by atoms with E-state index in [1.165, 1.54) is 13.1 Å². The van der Waals surface area contributed by atoms with Crippen molar-refractivity contribution in [3.05, 3.63) is 41.5 Å². The first-order valence-corrected chi connectivity index (χ1v) is 7.18. The Balaban J connectivity index is 2.27. The Labute approximate surface area is 116 Å². The minimum atomic E-state index is -3.76. The first kappa shape index (κ1) is 14.5. The van der Waals surface area contributed by atoms with E-state index < -0.39 is 15.8 Å². The summed E-state index contributed by atoms with van der Waals surface area (Å²) in [5.74, 6) is -0.0597. The monoisotopic (exact) mass is 299 g/mol. The number of halogens is 1. The first-order valence-electron chi connectivity index (χ1n) is 5.74. The molecule has 6 nitrogen and oxygen atoms in total. The fourth-order valence-electron chi connectivity index (χ4n) is 1.67. The van der Waals surface area contributed by atoms with Gasteiger partial charge >= 0.3 is 0 Å². The largest absolute Gasteiger partial charge is 0.396 e. The Morgan fingerprint density at radius 2 is 2.10 bits per heavy atom. The van der Waals surface area contributed by atoms with E-state index in [1.807, 2.05) is 0 Å². The van der Waals surface area contributed by atoms with Crippen molar-refractivity contribution in [3.63, 3.8) is 0 Å². The molecule has 1 aromatic carbocycles. The number of hydrogen-bond donors (Lipinski definition) is 1. The Hall–Kier alpha value is -1.93. The van der Waals surface area contributed by atoms with Gasteiger partial charge in [0.2, 0.25) is 10.0 Å². The zero-order chi connectivity index (χ0) is 14.9. The van der Waals surface area contributed by atoms with E-state index in [9.17, 15) is 12.8 Å². The number of hydrogen-bond acceptors (Lipinski definition) is 5. The van der Waals surface area contributed by atoms with E-state index >= 15 is 0 Å². The van der Waals surface area contributed by atoms with Gasteiger partial charge in [-0.25, -0.2) is 12.8 Å². The van der Waals surface area contributed by atoms with E-state index in [0.717, 1.165) is 16.4 Å². The quantitative estimate of drug-likeness (QED) is 0.865. The number of anilines is 1. The maximum absolute atomic E-state index is 13.1. The smallest absolute Gasteiger partial charge is 0.243 e. The SMILES string of the molecule is Cc1cc(CN(C)S(=O)(=O)c2ccc(F)c(N)c2)no1. The van der Waals surface area contributed by atoms with Crippen LogP contribution in [0.25, 0.3) is 0 Å². The second-order valence-electron chi connectivity index (χ2n) is 4.37. The van der Waals surface area contributed by atoms with Crippen LogP contribution < -0.4 is 5.73 Å². The minimum absolute atomic E-state index is 0.0525.